The van der Waals surface area contributed by atoms with Crippen molar-refractivity contribution in [3.63, 3.8) is 0 Å². The van der Waals surface area contributed by atoms with Gasteiger partial charge < -0.3 is 15.4 Å². The van der Waals surface area contributed by atoms with E-state index in [1.54, 1.807) is 0 Å². The number of carboxylic acid groups (broad SMARTS) is 1. The van der Waals surface area contributed by atoms with Gasteiger partial charge in [-0.25, -0.2) is 9.78 Å². The summed E-state index contributed by atoms with van der Waals surface area (Å²) in [4.78, 5) is 18.6. The minimum atomic E-state index is -0.966. The molecule has 0 unspecified atom stereocenters. The van der Waals surface area contributed by atoms with E-state index in [1.807, 2.05) is 30.5 Å². The van der Waals surface area contributed by atoms with E-state index in [0.717, 1.165) is 40.8 Å². The van der Waals surface area contributed by atoms with E-state index in [-0.39, 0.29) is 12.0 Å². The van der Waals surface area contributed by atoms with Gasteiger partial charge in [0.2, 0.25) is 0 Å². The molecule has 1 aromatic carbocycles. The van der Waals surface area contributed by atoms with Crippen LogP contribution in [0.4, 0.5) is 4.79 Å². The summed E-state index contributed by atoms with van der Waals surface area (Å²) >= 11 is 3.42. The molecule has 1 heterocycles. The molecule has 0 aliphatic heterocycles. The Balaban J connectivity index is 1.81. The minimum absolute atomic E-state index is 0.0496. The van der Waals surface area contributed by atoms with Crippen molar-refractivity contribution in [2.45, 2.75) is 31.2 Å². The molecule has 3 rings (SSSR count). The second-order valence-corrected chi connectivity index (χ2v) is 6.20. The zero-order valence-corrected chi connectivity index (χ0v) is 12.9. The quantitative estimate of drug-likeness (QED) is 0.789. The molecule has 0 saturated heterocycles. The van der Waals surface area contributed by atoms with Gasteiger partial charge in [-0.1, -0.05) is 34.5 Å². The predicted molar refractivity (Wildman–Crippen MR) is 83.3 cm³/mol. The van der Waals surface area contributed by atoms with Crippen LogP contribution in [0.5, 0.6) is 0 Å². The van der Waals surface area contributed by atoms with Gasteiger partial charge in [0.05, 0.1) is 11.9 Å². The number of carbonyl (C=O) groups is 1. The number of benzene rings is 1. The third-order valence-corrected chi connectivity index (χ3v) is 4.46. The van der Waals surface area contributed by atoms with Crippen LogP contribution in [0.3, 0.4) is 0 Å². The first-order chi connectivity index (χ1) is 10.1. The second-order valence-electron chi connectivity index (χ2n) is 5.28. The number of aromatic nitrogens is 2. The normalized spacial score (nSPS) is 21.4. The maximum absolute atomic E-state index is 10.8. The molecule has 1 aliphatic carbocycles. The van der Waals surface area contributed by atoms with Gasteiger partial charge in [-0.15, -0.1) is 0 Å². The summed E-state index contributed by atoms with van der Waals surface area (Å²) in [6.07, 6.45) is 3.69. The molecule has 2 atom stereocenters. The van der Waals surface area contributed by atoms with E-state index in [1.165, 1.54) is 0 Å². The second kappa shape index (κ2) is 5.89. The van der Waals surface area contributed by atoms with Crippen molar-refractivity contribution < 1.29 is 9.90 Å². The topological polar surface area (TPSA) is 78.0 Å². The Bertz CT molecular complexity index is 639. The van der Waals surface area contributed by atoms with Crippen molar-refractivity contribution in [1.82, 2.24) is 15.3 Å². The molecule has 1 saturated carbocycles. The van der Waals surface area contributed by atoms with E-state index < -0.39 is 6.09 Å². The largest absolute Gasteiger partial charge is 0.465 e. The van der Waals surface area contributed by atoms with Gasteiger partial charge in [0.15, 0.2) is 0 Å². The summed E-state index contributed by atoms with van der Waals surface area (Å²) in [6, 6.07) is 7.96. The highest BCUT2D eigenvalue weighted by Gasteiger charge is 2.31. The number of aromatic amines is 1. The molecule has 0 spiro atoms. The van der Waals surface area contributed by atoms with E-state index in [2.05, 4.69) is 31.2 Å². The van der Waals surface area contributed by atoms with Crippen LogP contribution in [0.15, 0.2) is 34.9 Å². The van der Waals surface area contributed by atoms with Crippen molar-refractivity contribution >= 4 is 22.0 Å². The molecule has 3 N–H and O–H groups in total. The molecule has 0 bridgehead atoms. The van der Waals surface area contributed by atoms with Crippen LogP contribution in [0.1, 0.15) is 31.0 Å². The first-order valence-electron chi connectivity index (χ1n) is 6.94. The number of imidazole rings is 1. The average Bonchev–Trinajstić information content (AvgIpc) is 3.07. The number of hydrogen-bond acceptors (Lipinski definition) is 2. The summed E-state index contributed by atoms with van der Waals surface area (Å²) in [5.41, 5.74) is 2.02. The van der Waals surface area contributed by atoms with E-state index in [4.69, 9.17) is 5.11 Å². The predicted octanol–water partition coefficient (Wildman–Crippen LogP) is 3.74. The molecule has 110 valence electrons. The molecule has 6 heteroatoms. The van der Waals surface area contributed by atoms with Crippen LogP contribution < -0.4 is 5.32 Å². The van der Waals surface area contributed by atoms with Crippen molar-refractivity contribution in [1.29, 1.82) is 0 Å². The Morgan fingerprint density at radius 2 is 2.10 bits per heavy atom. The summed E-state index contributed by atoms with van der Waals surface area (Å²) in [5.74, 6) is 0.995. The van der Waals surface area contributed by atoms with Gasteiger partial charge in [-0.05, 0) is 30.5 Å². The fourth-order valence-electron chi connectivity index (χ4n) is 2.92. The molecule has 1 fully saturated rings. The highest BCUT2D eigenvalue weighted by atomic mass is 79.9. The monoisotopic (exact) mass is 349 g/mol. The molecule has 21 heavy (non-hydrogen) atoms. The Morgan fingerprint density at radius 3 is 2.81 bits per heavy atom. The van der Waals surface area contributed by atoms with Crippen molar-refractivity contribution in [2.24, 2.45) is 0 Å². The highest BCUT2D eigenvalue weighted by Crippen LogP contribution is 2.34. The number of halogens is 1. The summed E-state index contributed by atoms with van der Waals surface area (Å²) in [7, 11) is 0. The molecular weight excluding hydrogens is 334 g/mol. The molecule has 0 radical (unpaired) electrons. The molecule has 1 amide bonds. The summed E-state index contributed by atoms with van der Waals surface area (Å²) in [5, 5.41) is 11.5. The molecule has 2 aromatic rings. The van der Waals surface area contributed by atoms with Crippen LogP contribution in [0.2, 0.25) is 0 Å². The Hall–Kier alpha value is -1.82. The number of nitrogens with zero attached hydrogens (tertiary/aromatic N) is 1. The third kappa shape index (κ3) is 3.10. The number of nitrogens with one attached hydrogen (secondary N) is 2. The van der Waals surface area contributed by atoms with Gasteiger partial charge in [-0.3, -0.25) is 0 Å². The summed E-state index contributed by atoms with van der Waals surface area (Å²) < 4.78 is 1.03. The fourth-order valence-corrected chi connectivity index (χ4v) is 3.18. The average molecular weight is 350 g/mol. The lowest BCUT2D eigenvalue weighted by Crippen LogP contribution is -2.35. The van der Waals surface area contributed by atoms with Crippen LogP contribution in [0.25, 0.3) is 11.3 Å². The Morgan fingerprint density at radius 1 is 1.33 bits per heavy atom. The smallest absolute Gasteiger partial charge is 0.404 e. The van der Waals surface area contributed by atoms with Gasteiger partial charge in [0.25, 0.3) is 0 Å². The highest BCUT2D eigenvalue weighted by molar-refractivity contribution is 9.10. The van der Waals surface area contributed by atoms with Crippen molar-refractivity contribution in [2.75, 3.05) is 0 Å². The van der Waals surface area contributed by atoms with Gasteiger partial charge in [0, 0.05) is 16.4 Å². The van der Waals surface area contributed by atoms with Gasteiger partial charge >= 0.3 is 6.09 Å². The Labute approximate surface area is 130 Å². The zero-order valence-electron chi connectivity index (χ0n) is 11.3. The lowest BCUT2D eigenvalue weighted by molar-refractivity contribution is 0.188. The van der Waals surface area contributed by atoms with Crippen LogP contribution in [-0.2, 0) is 0 Å². The lowest BCUT2D eigenvalue weighted by Gasteiger charge is -2.17. The third-order valence-electron chi connectivity index (χ3n) is 3.93. The molecule has 1 aromatic heterocycles. The number of rotatable bonds is 3. The standard InChI is InChI=1S/C15H16BrN3O2/c16-10-6-4-9(5-7-10)13-8-17-14(18-13)11-2-1-3-12(11)19-15(20)21/h4-8,11-12,19H,1-3H2,(H,17,18)(H,20,21)/t11-,12+/m1/s1. The SMILES string of the molecule is O=C(O)N[C@H]1CCC[C@H]1c1ncc(-c2ccc(Br)cc2)[nH]1. The van der Waals surface area contributed by atoms with E-state index >= 15 is 0 Å². The van der Waals surface area contributed by atoms with Crippen LogP contribution in [-0.4, -0.2) is 27.2 Å². The van der Waals surface area contributed by atoms with Crippen molar-refractivity contribution in [3.8, 4) is 11.3 Å². The molecule has 5 nitrogen and oxygen atoms in total. The molecule has 1 aliphatic rings. The number of H-pyrrole nitrogens is 1. The van der Waals surface area contributed by atoms with E-state index in [9.17, 15) is 4.79 Å². The van der Waals surface area contributed by atoms with Gasteiger partial charge in [0.1, 0.15) is 5.82 Å². The first-order valence-corrected chi connectivity index (χ1v) is 7.73. The first kappa shape index (κ1) is 14.1. The minimum Gasteiger partial charge on any atom is -0.465 e. The number of amides is 1. The lowest BCUT2D eigenvalue weighted by atomic mass is 10.0. The van der Waals surface area contributed by atoms with Crippen molar-refractivity contribution in [3.05, 3.63) is 40.8 Å². The molecular formula is C15H16BrN3O2. The summed E-state index contributed by atoms with van der Waals surface area (Å²) in [6.45, 7) is 0. The Kier molecular flexibility index (Phi) is 3.96. The van der Waals surface area contributed by atoms with E-state index in [0.29, 0.717) is 0 Å². The fraction of sp³-hybridized carbons (Fsp3) is 0.333. The maximum atomic E-state index is 10.8. The van der Waals surface area contributed by atoms with Crippen LogP contribution in [0, 0.1) is 0 Å². The van der Waals surface area contributed by atoms with Crippen LogP contribution >= 0.6 is 15.9 Å². The zero-order chi connectivity index (χ0) is 14.8. The van der Waals surface area contributed by atoms with Gasteiger partial charge in [-0.2, -0.15) is 0 Å². The maximum Gasteiger partial charge on any atom is 0.404 e. The number of hydrogen-bond donors (Lipinski definition) is 3.